The first-order valence-corrected chi connectivity index (χ1v) is 6.85. The number of likely N-dealkylation sites (tertiary alicyclic amines) is 1. The van der Waals surface area contributed by atoms with Gasteiger partial charge in [-0.25, -0.2) is 14.8 Å². The Bertz CT molecular complexity index is 542. The number of aromatic nitrogens is 2. The van der Waals surface area contributed by atoms with Gasteiger partial charge in [0.15, 0.2) is 11.4 Å². The van der Waals surface area contributed by atoms with Crippen molar-refractivity contribution in [1.29, 1.82) is 0 Å². The summed E-state index contributed by atoms with van der Waals surface area (Å²) in [5, 5.41) is 2.48. The van der Waals surface area contributed by atoms with Crippen LogP contribution in [0, 0.1) is 0 Å². The lowest BCUT2D eigenvalue weighted by molar-refractivity contribution is -0.280. The van der Waals surface area contributed by atoms with Gasteiger partial charge in [-0.15, -0.1) is 0 Å². The van der Waals surface area contributed by atoms with Crippen molar-refractivity contribution in [2.75, 3.05) is 32.6 Å². The highest BCUT2D eigenvalue weighted by Gasteiger charge is 2.56. The quantitative estimate of drug-likeness (QED) is 0.916. The average Bonchev–Trinajstić information content (AvgIpc) is 2.54. The van der Waals surface area contributed by atoms with Crippen LogP contribution in [0.25, 0.3) is 0 Å². The molecule has 2 heterocycles. The maximum absolute atomic E-state index is 13.1. The molecule has 23 heavy (non-hydrogen) atoms. The fraction of sp³-hybridized carbons (Fsp3) is 0.615. The number of ether oxygens (including phenoxy) is 2. The molecule has 1 aliphatic rings. The fourth-order valence-corrected chi connectivity index (χ4v) is 2.35. The van der Waals surface area contributed by atoms with Crippen LogP contribution in [0.1, 0.15) is 12.8 Å². The van der Waals surface area contributed by atoms with E-state index in [-0.39, 0.29) is 37.6 Å². The number of methoxy groups -OCH3 is 2. The predicted octanol–water partition coefficient (Wildman–Crippen LogP) is 2.06. The van der Waals surface area contributed by atoms with Gasteiger partial charge in [-0.1, -0.05) is 0 Å². The summed E-state index contributed by atoms with van der Waals surface area (Å²) >= 11 is 0. The van der Waals surface area contributed by atoms with E-state index in [1.54, 1.807) is 0 Å². The summed E-state index contributed by atoms with van der Waals surface area (Å²) in [5.41, 5.74) is -2.19. The fourth-order valence-electron chi connectivity index (χ4n) is 2.35. The van der Waals surface area contributed by atoms with Crippen molar-refractivity contribution in [2.45, 2.75) is 24.6 Å². The highest BCUT2D eigenvalue weighted by Crippen LogP contribution is 2.41. The number of hydrogen-bond donors (Lipinski definition) is 1. The molecule has 1 aromatic heterocycles. The molecule has 1 fully saturated rings. The first-order valence-electron chi connectivity index (χ1n) is 6.85. The number of piperidine rings is 1. The number of hydrogen-bond acceptors (Lipinski definition) is 5. The minimum absolute atomic E-state index is 0.0667. The van der Waals surface area contributed by atoms with Gasteiger partial charge in [-0.05, 0) is 0 Å². The molecule has 0 unspecified atom stereocenters. The number of amides is 2. The molecular formula is C13H17F3N4O3. The van der Waals surface area contributed by atoms with Crippen molar-refractivity contribution < 1.29 is 27.4 Å². The van der Waals surface area contributed by atoms with Crippen molar-refractivity contribution in [3.63, 3.8) is 0 Å². The first kappa shape index (κ1) is 17.3. The molecule has 10 heteroatoms. The van der Waals surface area contributed by atoms with Crippen molar-refractivity contribution in [3.8, 4) is 5.88 Å². The first-order chi connectivity index (χ1) is 10.8. The van der Waals surface area contributed by atoms with Crippen molar-refractivity contribution in [1.82, 2.24) is 14.9 Å². The molecule has 0 spiro atoms. The Labute approximate surface area is 130 Å². The molecule has 0 radical (unpaired) electrons. The largest absolute Gasteiger partial charge is 0.480 e. The number of rotatable bonds is 3. The van der Waals surface area contributed by atoms with E-state index in [0.717, 1.165) is 7.11 Å². The molecule has 1 N–H and O–H groups in total. The summed E-state index contributed by atoms with van der Waals surface area (Å²) < 4.78 is 48.7. The number of carbonyl (C=O) groups is 1. The summed E-state index contributed by atoms with van der Waals surface area (Å²) in [6.45, 7) is -0.133. The Morgan fingerprint density at radius 3 is 2.35 bits per heavy atom. The van der Waals surface area contributed by atoms with Gasteiger partial charge in [-0.2, -0.15) is 13.2 Å². The third-order valence-corrected chi connectivity index (χ3v) is 3.84. The molecular weight excluding hydrogens is 317 g/mol. The van der Waals surface area contributed by atoms with E-state index in [4.69, 9.17) is 9.47 Å². The topological polar surface area (TPSA) is 76.6 Å². The van der Waals surface area contributed by atoms with Crippen LogP contribution in [0.2, 0.25) is 0 Å². The van der Waals surface area contributed by atoms with E-state index in [1.165, 1.54) is 24.4 Å². The van der Waals surface area contributed by atoms with Crippen LogP contribution in [0.3, 0.4) is 0 Å². The molecule has 7 nitrogen and oxygen atoms in total. The molecule has 0 saturated carbocycles. The van der Waals surface area contributed by atoms with Crippen LogP contribution < -0.4 is 10.1 Å². The maximum atomic E-state index is 13.1. The van der Waals surface area contributed by atoms with Gasteiger partial charge in [0.05, 0.1) is 19.5 Å². The number of nitrogens with one attached hydrogen (secondary N) is 1. The summed E-state index contributed by atoms with van der Waals surface area (Å²) in [5.74, 6) is 0.478. The van der Waals surface area contributed by atoms with Crippen LogP contribution in [-0.2, 0) is 4.74 Å². The molecule has 0 bridgehead atoms. The van der Waals surface area contributed by atoms with E-state index in [2.05, 4.69) is 15.3 Å². The van der Waals surface area contributed by atoms with E-state index in [0.29, 0.717) is 0 Å². The molecule has 0 atom stereocenters. The molecule has 128 valence electrons. The number of halogens is 3. The zero-order valence-corrected chi connectivity index (χ0v) is 12.7. The lowest BCUT2D eigenvalue weighted by atomic mass is 9.90. The van der Waals surface area contributed by atoms with Gasteiger partial charge in [0.1, 0.15) is 0 Å². The standard InChI is InChI=1S/C13H17F3N4O3/c1-22-10-8-17-9(7-18-10)19-11(21)20-5-3-12(23-2,4-6-20)13(14,15)16/h7-8H,3-6H2,1-2H3,(H,17,19,21). The second-order valence-electron chi connectivity index (χ2n) is 5.06. The van der Waals surface area contributed by atoms with Gasteiger partial charge in [-0.3, -0.25) is 5.32 Å². The van der Waals surface area contributed by atoms with E-state index in [1.807, 2.05) is 0 Å². The second-order valence-corrected chi connectivity index (χ2v) is 5.06. The van der Waals surface area contributed by atoms with Crippen molar-refractivity contribution >= 4 is 11.8 Å². The van der Waals surface area contributed by atoms with E-state index >= 15 is 0 Å². The molecule has 1 aromatic rings. The minimum Gasteiger partial charge on any atom is -0.480 e. The molecule has 1 aliphatic heterocycles. The molecule has 2 amide bonds. The Kier molecular flexibility index (Phi) is 4.93. The summed E-state index contributed by atoms with van der Waals surface area (Å²) in [4.78, 5) is 21.1. The van der Waals surface area contributed by atoms with Crippen LogP contribution in [0.15, 0.2) is 12.4 Å². The minimum atomic E-state index is -4.47. The summed E-state index contributed by atoms with van der Waals surface area (Å²) in [7, 11) is 2.47. The van der Waals surface area contributed by atoms with Crippen LogP contribution in [0.4, 0.5) is 23.8 Å². The molecule has 1 saturated heterocycles. The SMILES string of the molecule is COc1cnc(NC(=O)N2CCC(OC)(C(F)(F)F)CC2)cn1. The number of nitrogens with zero attached hydrogens (tertiary/aromatic N) is 3. The Balaban J connectivity index is 1.95. The van der Waals surface area contributed by atoms with E-state index < -0.39 is 17.8 Å². The lowest BCUT2D eigenvalue weighted by Gasteiger charge is -2.41. The average molecular weight is 334 g/mol. The maximum Gasteiger partial charge on any atom is 0.417 e. The van der Waals surface area contributed by atoms with Gasteiger partial charge in [0.25, 0.3) is 0 Å². The molecule has 0 aromatic carbocycles. The predicted molar refractivity (Wildman–Crippen MR) is 74.2 cm³/mol. The number of carbonyl (C=O) groups excluding carboxylic acids is 1. The zero-order chi connectivity index (χ0) is 17.1. The second kappa shape index (κ2) is 6.57. The molecule has 0 aliphatic carbocycles. The van der Waals surface area contributed by atoms with Crippen molar-refractivity contribution in [3.05, 3.63) is 12.4 Å². The third-order valence-electron chi connectivity index (χ3n) is 3.84. The smallest absolute Gasteiger partial charge is 0.417 e. The number of anilines is 1. The number of alkyl halides is 3. The zero-order valence-electron chi connectivity index (χ0n) is 12.7. The van der Waals surface area contributed by atoms with Gasteiger partial charge in [0, 0.05) is 33.0 Å². The van der Waals surface area contributed by atoms with Gasteiger partial charge in [0.2, 0.25) is 5.88 Å². The van der Waals surface area contributed by atoms with Crippen LogP contribution in [-0.4, -0.2) is 60.0 Å². The normalized spacial score (nSPS) is 17.7. The molecule has 2 rings (SSSR count). The third kappa shape index (κ3) is 3.63. The highest BCUT2D eigenvalue weighted by molar-refractivity contribution is 5.88. The van der Waals surface area contributed by atoms with Crippen molar-refractivity contribution in [2.24, 2.45) is 0 Å². The van der Waals surface area contributed by atoms with Gasteiger partial charge >= 0.3 is 12.2 Å². The van der Waals surface area contributed by atoms with E-state index in [9.17, 15) is 18.0 Å². The summed E-state index contributed by atoms with van der Waals surface area (Å²) in [6, 6.07) is -0.531. The Morgan fingerprint density at radius 2 is 1.91 bits per heavy atom. The Morgan fingerprint density at radius 1 is 1.26 bits per heavy atom. The van der Waals surface area contributed by atoms with Crippen LogP contribution in [0.5, 0.6) is 5.88 Å². The number of urea groups is 1. The van der Waals surface area contributed by atoms with Gasteiger partial charge < -0.3 is 14.4 Å². The monoisotopic (exact) mass is 334 g/mol. The summed E-state index contributed by atoms with van der Waals surface area (Å²) in [6.07, 6.45) is -2.46. The Hall–Kier alpha value is -2.10. The lowest BCUT2D eigenvalue weighted by Crippen LogP contribution is -2.56. The highest BCUT2D eigenvalue weighted by atomic mass is 19.4. The van der Waals surface area contributed by atoms with Crippen LogP contribution >= 0.6 is 0 Å².